The van der Waals surface area contributed by atoms with E-state index in [1.54, 1.807) is 0 Å². The summed E-state index contributed by atoms with van der Waals surface area (Å²) in [6.07, 6.45) is 10.4. The Morgan fingerprint density at radius 1 is 1.21 bits per heavy atom. The van der Waals surface area contributed by atoms with Crippen LogP contribution in [0, 0.1) is 0 Å². The molecule has 0 unspecified atom stereocenters. The van der Waals surface area contributed by atoms with Gasteiger partial charge in [0.1, 0.15) is 0 Å². The number of allylic oxidation sites excluding steroid dienone is 7. The molecule has 1 nitrogen and oxygen atoms in total. The van der Waals surface area contributed by atoms with Crippen LogP contribution < -0.4 is 5.32 Å². The maximum atomic E-state index is 3.48. The van der Waals surface area contributed by atoms with Crippen LogP contribution >= 0.6 is 31.9 Å². The van der Waals surface area contributed by atoms with E-state index in [2.05, 4.69) is 62.3 Å². The summed E-state index contributed by atoms with van der Waals surface area (Å²) >= 11 is 6.96. The van der Waals surface area contributed by atoms with Crippen LogP contribution in [-0.2, 0) is 0 Å². The third kappa shape index (κ3) is 1.93. The molecule has 0 radical (unpaired) electrons. The van der Waals surface area contributed by atoms with Crippen LogP contribution in [0.1, 0.15) is 6.92 Å². The van der Waals surface area contributed by atoms with Crippen LogP contribution in [0.5, 0.6) is 0 Å². The SMILES string of the molecule is CC1=C(Br)NC2=CC=CC(Br)=CC2=C1. The smallest absolute Gasteiger partial charge is 0.0854 e. The summed E-state index contributed by atoms with van der Waals surface area (Å²) in [4.78, 5) is 0. The van der Waals surface area contributed by atoms with Gasteiger partial charge in [-0.1, -0.05) is 22.0 Å². The van der Waals surface area contributed by atoms with Gasteiger partial charge in [-0.05, 0) is 58.3 Å². The van der Waals surface area contributed by atoms with Crippen molar-refractivity contribution in [1.82, 2.24) is 5.32 Å². The third-order valence-electron chi connectivity index (χ3n) is 2.09. The molecule has 0 saturated carbocycles. The van der Waals surface area contributed by atoms with Gasteiger partial charge in [0, 0.05) is 10.2 Å². The van der Waals surface area contributed by atoms with Gasteiger partial charge >= 0.3 is 0 Å². The zero-order valence-electron chi connectivity index (χ0n) is 7.64. The topological polar surface area (TPSA) is 12.0 Å². The molecule has 0 aromatic carbocycles. The molecule has 2 rings (SSSR count). The van der Waals surface area contributed by atoms with Crippen molar-refractivity contribution in [1.29, 1.82) is 0 Å². The second-order valence-corrected chi connectivity index (χ2v) is 4.90. The molecule has 0 amide bonds. The minimum absolute atomic E-state index is 1.03. The Bertz CT molecular complexity index is 423. The van der Waals surface area contributed by atoms with E-state index < -0.39 is 0 Å². The molecule has 72 valence electrons. The molecule has 1 aliphatic carbocycles. The quantitative estimate of drug-likeness (QED) is 0.669. The van der Waals surface area contributed by atoms with E-state index in [4.69, 9.17) is 0 Å². The molecule has 1 N–H and O–H groups in total. The number of halogens is 2. The lowest BCUT2D eigenvalue weighted by Gasteiger charge is -2.17. The van der Waals surface area contributed by atoms with E-state index in [0.717, 1.165) is 14.8 Å². The number of dihydropyridines is 1. The molecule has 0 bridgehead atoms. The van der Waals surface area contributed by atoms with Crippen molar-refractivity contribution >= 4 is 31.9 Å². The van der Waals surface area contributed by atoms with Crippen molar-refractivity contribution in [3.8, 4) is 0 Å². The fourth-order valence-electron chi connectivity index (χ4n) is 1.35. The summed E-state index contributed by atoms with van der Waals surface area (Å²) in [6.45, 7) is 2.07. The lowest BCUT2D eigenvalue weighted by molar-refractivity contribution is 1.03. The number of hydrogen-bond donors (Lipinski definition) is 1. The van der Waals surface area contributed by atoms with Crippen molar-refractivity contribution in [3.63, 3.8) is 0 Å². The van der Waals surface area contributed by atoms with Crippen LogP contribution in [-0.4, -0.2) is 0 Å². The van der Waals surface area contributed by atoms with Gasteiger partial charge in [0.25, 0.3) is 0 Å². The molecular formula is C11H9Br2N. The fraction of sp³-hybridized carbons (Fsp3) is 0.0909. The summed E-state index contributed by atoms with van der Waals surface area (Å²) in [7, 11) is 0. The lowest BCUT2D eigenvalue weighted by atomic mass is 10.1. The van der Waals surface area contributed by atoms with Gasteiger partial charge in [-0.15, -0.1) is 0 Å². The zero-order valence-corrected chi connectivity index (χ0v) is 10.8. The standard InChI is InChI=1S/C11H9Br2N/c1-7-5-8-6-9(12)3-2-4-10(8)14-11(7)13/h2-6,14H,1H3. The van der Waals surface area contributed by atoms with Crippen molar-refractivity contribution in [3.05, 3.63) is 56.3 Å². The predicted octanol–water partition coefficient (Wildman–Crippen LogP) is 3.87. The van der Waals surface area contributed by atoms with Gasteiger partial charge in [0.15, 0.2) is 0 Å². The monoisotopic (exact) mass is 313 g/mol. The van der Waals surface area contributed by atoms with Gasteiger partial charge in [0.2, 0.25) is 0 Å². The van der Waals surface area contributed by atoms with Gasteiger partial charge in [-0.3, -0.25) is 0 Å². The van der Waals surface area contributed by atoms with Crippen molar-refractivity contribution in [2.75, 3.05) is 0 Å². The minimum atomic E-state index is 1.03. The minimum Gasteiger partial charge on any atom is -0.349 e. The Balaban J connectivity index is 2.49. The second-order valence-electron chi connectivity index (χ2n) is 3.19. The number of hydrogen-bond acceptors (Lipinski definition) is 1. The van der Waals surface area contributed by atoms with Crippen molar-refractivity contribution in [2.24, 2.45) is 0 Å². The average molecular weight is 315 g/mol. The van der Waals surface area contributed by atoms with Crippen molar-refractivity contribution < 1.29 is 0 Å². The summed E-state index contributed by atoms with van der Waals surface area (Å²) in [5.74, 6) is 0. The largest absolute Gasteiger partial charge is 0.349 e. The molecule has 1 heterocycles. The molecule has 0 aromatic rings. The molecule has 0 saturated heterocycles. The first-order valence-corrected chi connectivity index (χ1v) is 5.86. The number of fused-ring (bicyclic) bond motifs is 1. The van der Waals surface area contributed by atoms with E-state index in [0.29, 0.717) is 0 Å². The van der Waals surface area contributed by atoms with Crippen LogP contribution in [0.25, 0.3) is 0 Å². The molecule has 0 atom stereocenters. The van der Waals surface area contributed by atoms with Crippen LogP contribution in [0.2, 0.25) is 0 Å². The molecule has 14 heavy (non-hydrogen) atoms. The van der Waals surface area contributed by atoms with Crippen LogP contribution in [0.3, 0.4) is 0 Å². The summed E-state index contributed by atoms with van der Waals surface area (Å²) in [5.41, 5.74) is 3.52. The second kappa shape index (κ2) is 3.91. The Morgan fingerprint density at radius 2 is 2.00 bits per heavy atom. The molecule has 0 aromatic heterocycles. The first-order chi connectivity index (χ1) is 6.66. The first-order valence-electron chi connectivity index (χ1n) is 4.28. The number of nitrogens with one attached hydrogen (secondary N) is 1. The summed E-state index contributed by atoms with van der Waals surface area (Å²) < 4.78 is 2.12. The molecule has 3 heteroatoms. The van der Waals surface area contributed by atoms with Gasteiger partial charge in [-0.25, -0.2) is 0 Å². The highest BCUT2D eigenvalue weighted by molar-refractivity contribution is 9.12. The summed E-state index contributed by atoms with van der Waals surface area (Å²) in [6, 6.07) is 0. The molecule has 0 fully saturated rings. The van der Waals surface area contributed by atoms with Crippen LogP contribution in [0.4, 0.5) is 0 Å². The van der Waals surface area contributed by atoms with Crippen molar-refractivity contribution in [2.45, 2.75) is 6.92 Å². The Hall–Kier alpha value is -0.540. The van der Waals surface area contributed by atoms with Gasteiger partial charge < -0.3 is 5.32 Å². The highest BCUT2D eigenvalue weighted by Gasteiger charge is 2.12. The highest BCUT2D eigenvalue weighted by Crippen LogP contribution is 2.27. The fourth-order valence-corrected chi connectivity index (χ4v) is 2.08. The average Bonchev–Trinajstić information content (AvgIpc) is 2.28. The number of rotatable bonds is 0. The van der Waals surface area contributed by atoms with Gasteiger partial charge in [0.05, 0.1) is 4.61 Å². The highest BCUT2D eigenvalue weighted by atomic mass is 79.9. The zero-order chi connectivity index (χ0) is 10.1. The summed E-state index contributed by atoms with van der Waals surface area (Å²) in [5, 5.41) is 3.30. The first kappa shape index (κ1) is 9.99. The maximum Gasteiger partial charge on any atom is 0.0854 e. The predicted molar refractivity (Wildman–Crippen MR) is 67.1 cm³/mol. The Kier molecular flexibility index (Phi) is 2.79. The van der Waals surface area contributed by atoms with E-state index in [9.17, 15) is 0 Å². The normalized spacial score (nSPS) is 20.4. The molecule has 1 aliphatic heterocycles. The molecule has 2 aliphatic rings. The van der Waals surface area contributed by atoms with E-state index in [1.165, 1.54) is 11.1 Å². The Labute approximate surface area is 100 Å². The van der Waals surface area contributed by atoms with E-state index >= 15 is 0 Å². The lowest BCUT2D eigenvalue weighted by Crippen LogP contribution is -2.15. The van der Waals surface area contributed by atoms with E-state index in [-0.39, 0.29) is 0 Å². The Morgan fingerprint density at radius 3 is 2.79 bits per heavy atom. The molecule has 0 spiro atoms. The maximum absolute atomic E-state index is 3.48. The van der Waals surface area contributed by atoms with Crippen LogP contribution in [0.15, 0.2) is 56.3 Å². The third-order valence-corrected chi connectivity index (χ3v) is 3.40. The van der Waals surface area contributed by atoms with E-state index in [1.807, 2.05) is 12.2 Å². The molecular weight excluding hydrogens is 306 g/mol. The van der Waals surface area contributed by atoms with Gasteiger partial charge in [-0.2, -0.15) is 0 Å².